The molecule has 0 fully saturated rings. The van der Waals surface area contributed by atoms with E-state index in [0.29, 0.717) is 23.8 Å². The first-order valence-electron chi connectivity index (χ1n) is 13.9. The molecule has 4 rings (SSSR count). The molecule has 1 nitrogen and oxygen atoms in total. The summed E-state index contributed by atoms with van der Waals surface area (Å²) < 4.78 is 59.4. The second-order valence-electron chi connectivity index (χ2n) is 10.2. The Kier molecular flexibility index (Phi) is 10.0. The van der Waals surface area contributed by atoms with Crippen LogP contribution in [-0.4, -0.2) is 6.61 Å². The van der Waals surface area contributed by atoms with Gasteiger partial charge in [-0.25, -0.2) is 4.39 Å². The zero-order valence-electron chi connectivity index (χ0n) is 22.5. The van der Waals surface area contributed by atoms with Gasteiger partial charge < -0.3 is 4.74 Å². The number of unbranched alkanes of at least 4 members (excludes halogenated alkanes) is 4. The first kappa shape index (κ1) is 28.7. The van der Waals surface area contributed by atoms with E-state index in [1.165, 1.54) is 43.4 Å². The van der Waals surface area contributed by atoms with Crippen LogP contribution in [0.3, 0.4) is 0 Å². The van der Waals surface area contributed by atoms with Crippen molar-refractivity contribution in [1.29, 1.82) is 0 Å². The predicted molar refractivity (Wildman–Crippen MR) is 151 cm³/mol. The van der Waals surface area contributed by atoms with Crippen LogP contribution in [0, 0.1) is 5.82 Å². The monoisotopic (exact) mass is 536 g/mol. The van der Waals surface area contributed by atoms with E-state index < -0.39 is 11.7 Å². The molecular weight excluding hydrogens is 500 g/mol. The Balaban J connectivity index is 1.29. The van der Waals surface area contributed by atoms with Crippen LogP contribution in [0.15, 0.2) is 78.9 Å². The van der Waals surface area contributed by atoms with E-state index in [1.54, 1.807) is 6.07 Å². The Labute approximate surface area is 228 Å². The topological polar surface area (TPSA) is 9.23 Å². The molecule has 206 valence electrons. The largest absolute Gasteiger partial charge is 0.494 e. The van der Waals surface area contributed by atoms with Crippen molar-refractivity contribution in [2.24, 2.45) is 0 Å². The summed E-state index contributed by atoms with van der Waals surface area (Å²) in [6.45, 7) is 2.97. The predicted octanol–water partition coefficient (Wildman–Crippen LogP) is 9.92. The number of rotatable bonds is 13. The Morgan fingerprint density at radius 2 is 1.26 bits per heavy atom. The zero-order chi connectivity index (χ0) is 27.7. The smallest absolute Gasteiger partial charge is 0.416 e. The summed E-state index contributed by atoms with van der Waals surface area (Å²) in [5.74, 6) is 0.650. The zero-order valence-corrected chi connectivity index (χ0v) is 22.5. The maximum Gasteiger partial charge on any atom is 0.416 e. The highest BCUT2D eigenvalue weighted by molar-refractivity contribution is 5.84. The third kappa shape index (κ3) is 8.32. The van der Waals surface area contributed by atoms with Crippen LogP contribution in [0.25, 0.3) is 10.8 Å². The van der Waals surface area contributed by atoms with Crippen LogP contribution >= 0.6 is 0 Å². The van der Waals surface area contributed by atoms with Crippen LogP contribution in [0.1, 0.15) is 66.8 Å². The summed E-state index contributed by atoms with van der Waals surface area (Å²) in [6.07, 6.45) is 4.39. The first-order chi connectivity index (χ1) is 18.8. The molecule has 0 heterocycles. The third-order valence-corrected chi connectivity index (χ3v) is 7.21. The van der Waals surface area contributed by atoms with Gasteiger partial charge in [-0.3, -0.25) is 0 Å². The SMILES string of the molecule is CCCCCCCOc1ccc(CCc2ccc3c(F)c(CCc4ccc(C(F)(F)F)cc4)ccc3c2)cc1. The second kappa shape index (κ2) is 13.6. The summed E-state index contributed by atoms with van der Waals surface area (Å²) in [5, 5.41) is 1.42. The van der Waals surface area contributed by atoms with Gasteiger partial charge in [0.2, 0.25) is 0 Å². The van der Waals surface area contributed by atoms with Crippen molar-refractivity contribution >= 4 is 10.8 Å². The summed E-state index contributed by atoms with van der Waals surface area (Å²) in [6, 6.07) is 22.9. The fourth-order valence-corrected chi connectivity index (χ4v) is 4.81. The molecule has 0 aliphatic rings. The average Bonchev–Trinajstić information content (AvgIpc) is 2.94. The van der Waals surface area contributed by atoms with Crippen molar-refractivity contribution in [1.82, 2.24) is 0 Å². The minimum absolute atomic E-state index is 0.257. The highest BCUT2D eigenvalue weighted by Crippen LogP contribution is 2.29. The standard InChI is InChI=1S/C34H36F4O/c1-2-3-4-5-6-23-39-31-20-12-25(13-21-31)7-8-27-14-22-32-29(24-27)17-16-28(33(32)35)15-9-26-10-18-30(19-11-26)34(36,37)38/h10-14,16-22,24H,2-9,15,23H2,1H3. The van der Waals surface area contributed by atoms with Crippen LogP contribution < -0.4 is 4.74 Å². The molecule has 0 N–H and O–H groups in total. The van der Waals surface area contributed by atoms with Gasteiger partial charge in [-0.05, 0) is 84.0 Å². The third-order valence-electron chi connectivity index (χ3n) is 7.21. The molecule has 4 aromatic rings. The van der Waals surface area contributed by atoms with Crippen molar-refractivity contribution in [3.05, 3.63) is 112 Å². The van der Waals surface area contributed by atoms with Crippen LogP contribution in [0.5, 0.6) is 5.75 Å². The van der Waals surface area contributed by atoms with E-state index in [-0.39, 0.29) is 5.82 Å². The molecule has 0 aliphatic carbocycles. The first-order valence-corrected chi connectivity index (χ1v) is 13.9. The molecule has 0 aromatic heterocycles. The van der Waals surface area contributed by atoms with Crippen molar-refractivity contribution < 1.29 is 22.3 Å². The Hall–Kier alpha value is -3.34. The number of aryl methyl sites for hydroxylation is 4. The maximum absolute atomic E-state index is 15.2. The van der Waals surface area contributed by atoms with Gasteiger partial charge in [0.1, 0.15) is 11.6 Å². The van der Waals surface area contributed by atoms with Gasteiger partial charge in [0.25, 0.3) is 0 Å². The normalized spacial score (nSPS) is 11.7. The molecule has 0 aliphatic heterocycles. The van der Waals surface area contributed by atoms with Gasteiger partial charge in [-0.1, -0.05) is 87.2 Å². The Morgan fingerprint density at radius 3 is 1.95 bits per heavy atom. The van der Waals surface area contributed by atoms with E-state index in [9.17, 15) is 13.2 Å². The number of hydrogen-bond acceptors (Lipinski definition) is 1. The minimum Gasteiger partial charge on any atom is -0.494 e. The van der Waals surface area contributed by atoms with Gasteiger partial charge in [-0.2, -0.15) is 13.2 Å². The Bertz CT molecular complexity index is 1320. The number of alkyl halides is 3. The Morgan fingerprint density at radius 1 is 0.641 bits per heavy atom. The van der Waals surface area contributed by atoms with E-state index in [2.05, 4.69) is 19.1 Å². The fraction of sp³-hybridized carbons (Fsp3) is 0.353. The van der Waals surface area contributed by atoms with Gasteiger partial charge in [0, 0.05) is 5.39 Å². The highest BCUT2D eigenvalue weighted by Gasteiger charge is 2.29. The summed E-state index contributed by atoms with van der Waals surface area (Å²) in [7, 11) is 0. The lowest BCUT2D eigenvalue weighted by molar-refractivity contribution is -0.137. The molecule has 5 heteroatoms. The van der Waals surface area contributed by atoms with E-state index in [4.69, 9.17) is 4.74 Å². The molecule has 0 radical (unpaired) electrons. The summed E-state index contributed by atoms with van der Waals surface area (Å²) in [5.41, 5.74) is 3.02. The van der Waals surface area contributed by atoms with Crippen molar-refractivity contribution in [3.63, 3.8) is 0 Å². The summed E-state index contributed by atoms with van der Waals surface area (Å²) in [4.78, 5) is 0. The van der Waals surface area contributed by atoms with Gasteiger partial charge in [0.15, 0.2) is 0 Å². The number of fused-ring (bicyclic) bond motifs is 1. The molecule has 39 heavy (non-hydrogen) atoms. The average molecular weight is 537 g/mol. The van der Waals surface area contributed by atoms with Crippen LogP contribution in [0.4, 0.5) is 17.6 Å². The minimum atomic E-state index is -4.35. The van der Waals surface area contributed by atoms with Crippen molar-refractivity contribution in [3.8, 4) is 5.75 Å². The molecular formula is C34H36F4O. The van der Waals surface area contributed by atoms with E-state index >= 15 is 4.39 Å². The van der Waals surface area contributed by atoms with Crippen LogP contribution in [0.2, 0.25) is 0 Å². The quantitative estimate of drug-likeness (QED) is 0.122. The van der Waals surface area contributed by atoms with E-state index in [1.807, 2.05) is 36.4 Å². The molecule has 0 saturated heterocycles. The van der Waals surface area contributed by atoms with Gasteiger partial charge in [-0.15, -0.1) is 0 Å². The molecule has 0 unspecified atom stereocenters. The van der Waals surface area contributed by atoms with E-state index in [0.717, 1.165) is 60.3 Å². The fourth-order valence-electron chi connectivity index (χ4n) is 4.81. The number of hydrogen-bond donors (Lipinski definition) is 0. The lowest BCUT2D eigenvalue weighted by Crippen LogP contribution is -2.04. The lowest BCUT2D eigenvalue weighted by Gasteiger charge is -2.10. The number of halogens is 4. The molecule has 0 spiro atoms. The van der Waals surface area contributed by atoms with Gasteiger partial charge in [0.05, 0.1) is 12.2 Å². The van der Waals surface area contributed by atoms with Gasteiger partial charge >= 0.3 is 6.18 Å². The van der Waals surface area contributed by atoms with Crippen molar-refractivity contribution in [2.45, 2.75) is 70.9 Å². The van der Waals surface area contributed by atoms with Crippen LogP contribution in [-0.2, 0) is 31.9 Å². The molecule has 4 aromatic carbocycles. The van der Waals surface area contributed by atoms with Crippen molar-refractivity contribution in [2.75, 3.05) is 6.61 Å². The number of ether oxygens (including phenoxy) is 1. The lowest BCUT2D eigenvalue weighted by atomic mass is 9.97. The molecule has 0 bridgehead atoms. The molecule has 0 amide bonds. The number of benzene rings is 4. The maximum atomic E-state index is 15.2. The highest BCUT2D eigenvalue weighted by atomic mass is 19.4. The second-order valence-corrected chi connectivity index (χ2v) is 10.2. The summed E-state index contributed by atoms with van der Waals surface area (Å²) >= 11 is 0. The molecule has 0 saturated carbocycles. The molecule has 0 atom stereocenters.